The van der Waals surface area contributed by atoms with Gasteiger partial charge in [-0.1, -0.05) is 0 Å². The maximum absolute atomic E-state index is 5.44. The summed E-state index contributed by atoms with van der Waals surface area (Å²) in [7, 11) is 1.99. The fourth-order valence-electron chi connectivity index (χ4n) is 2.41. The van der Waals surface area contributed by atoms with Crippen LogP contribution >= 0.6 is 0 Å². The molecule has 5 nitrogen and oxygen atoms in total. The molecule has 0 aromatic carbocycles. The van der Waals surface area contributed by atoms with Gasteiger partial charge >= 0.3 is 0 Å². The van der Waals surface area contributed by atoms with Gasteiger partial charge in [-0.2, -0.15) is 4.98 Å². The lowest BCUT2D eigenvalue weighted by Gasteiger charge is -2.35. The molecule has 1 N–H and O–H groups in total. The van der Waals surface area contributed by atoms with E-state index in [1.165, 1.54) is 19.3 Å². The third-order valence-corrected chi connectivity index (χ3v) is 3.23. The highest BCUT2D eigenvalue weighted by Gasteiger charge is 2.24. The topological polar surface area (TPSA) is 50.3 Å². The van der Waals surface area contributed by atoms with Crippen molar-refractivity contribution in [2.24, 2.45) is 0 Å². The van der Waals surface area contributed by atoms with Gasteiger partial charge in [0.05, 0.1) is 6.61 Å². The molecule has 100 valence electrons. The summed E-state index contributed by atoms with van der Waals surface area (Å²) in [6.45, 7) is 4.60. The van der Waals surface area contributed by atoms with Gasteiger partial charge in [-0.05, 0) is 33.2 Å². The molecule has 1 atom stereocenters. The number of nitrogens with one attached hydrogen (secondary N) is 1. The number of nitrogens with zero attached hydrogens (tertiary/aromatic N) is 3. The Morgan fingerprint density at radius 1 is 1.50 bits per heavy atom. The standard InChI is InChI=1S/C13H22N4O/c1-3-18-12-7-8-15-13(16-12)17-9-5-4-6-11(17)10-14-2/h7-8,11,14H,3-6,9-10H2,1-2H3. The summed E-state index contributed by atoms with van der Waals surface area (Å²) < 4.78 is 5.44. The van der Waals surface area contributed by atoms with Gasteiger partial charge in [0.25, 0.3) is 0 Å². The maximum Gasteiger partial charge on any atom is 0.228 e. The molecule has 0 saturated carbocycles. The number of likely N-dealkylation sites (N-methyl/N-ethyl adjacent to an activating group) is 1. The molecule has 1 saturated heterocycles. The van der Waals surface area contributed by atoms with Crippen LogP contribution in [0.15, 0.2) is 12.3 Å². The van der Waals surface area contributed by atoms with E-state index in [1.54, 1.807) is 6.20 Å². The summed E-state index contributed by atoms with van der Waals surface area (Å²) in [6, 6.07) is 2.30. The van der Waals surface area contributed by atoms with Crippen molar-refractivity contribution in [3.8, 4) is 5.88 Å². The van der Waals surface area contributed by atoms with E-state index in [2.05, 4.69) is 20.2 Å². The van der Waals surface area contributed by atoms with Gasteiger partial charge in [-0.25, -0.2) is 4.98 Å². The summed E-state index contributed by atoms with van der Waals surface area (Å²) in [5.41, 5.74) is 0. The fourth-order valence-corrected chi connectivity index (χ4v) is 2.41. The highest BCUT2D eigenvalue weighted by atomic mass is 16.5. The summed E-state index contributed by atoms with van der Waals surface area (Å²) in [5.74, 6) is 1.46. The van der Waals surface area contributed by atoms with Crippen molar-refractivity contribution in [1.29, 1.82) is 0 Å². The number of hydrogen-bond acceptors (Lipinski definition) is 5. The van der Waals surface area contributed by atoms with Crippen LogP contribution in [0.4, 0.5) is 5.95 Å². The molecule has 0 amide bonds. The van der Waals surface area contributed by atoms with Crippen LogP contribution in [0.3, 0.4) is 0 Å². The van der Waals surface area contributed by atoms with Crippen LogP contribution in [0.5, 0.6) is 5.88 Å². The minimum atomic E-state index is 0.487. The first-order valence-corrected chi connectivity index (χ1v) is 6.72. The number of piperidine rings is 1. The van der Waals surface area contributed by atoms with Crippen LogP contribution in [-0.2, 0) is 0 Å². The summed E-state index contributed by atoms with van der Waals surface area (Å²) in [5, 5.41) is 3.25. The van der Waals surface area contributed by atoms with E-state index in [4.69, 9.17) is 4.74 Å². The second kappa shape index (κ2) is 6.54. The number of rotatable bonds is 5. The van der Waals surface area contributed by atoms with Crippen molar-refractivity contribution in [3.05, 3.63) is 12.3 Å². The summed E-state index contributed by atoms with van der Waals surface area (Å²) in [4.78, 5) is 11.2. The molecule has 0 radical (unpaired) electrons. The number of ether oxygens (including phenoxy) is 1. The van der Waals surface area contributed by atoms with Crippen LogP contribution in [-0.4, -0.2) is 42.8 Å². The third kappa shape index (κ3) is 3.10. The van der Waals surface area contributed by atoms with E-state index in [1.807, 2.05) is 20.0 Å². The Balaban J connectivity index is 2.14. The van der Waals surface area contributed by atoms with Gasteiger partial charge in [0, 0.05) is 31.4 Å². The van der Waals surface area contributed by atoms with E-state index >= 15 is 0 Å². The lowest BCUT2D eigenvalue weighted by atomic mass is 10.0. The van der Waals surface area contributed by atoms with Crippen LogP contribution in [0.1, 0.15) is 26.2 Å². The maximum atomic E-state index is 5.44. The molecule has 1 aliphatic rings. The van der Waals surface area contributed by atoms with Crippen molar-refractivity contribution < 1.29 is 4.74 Å². The van der Waals surface area contributed by atoms with Gasteiger partial charge in [0.15, 0.2) is 0 Å². The molecule has 5 heteroatoms. The zero-order chi connectivity index (χ0) is 12.8. The van der Waals surface area contributed by atoms with E-state index in [0.29, 0.717) is 18.5 Å². The normalized spacial score (nSPS) is 19.9. The predicted molar refractivity (Wildman–Crippen MR) is 72.1 cm³/mol. The second-order valence-electron chi connectivity index (χ2n) is 4.53. The number of hydrogen-bond donors (Lipinski definition) is 1. The highest BCUT2D eigenvalue weighted by Crippen LogP contribution is 2.22. The zero-order valence-electron chi connectivity index (χ0n) is 11.2. The molecule has 1 unspecified atom stereocenters. The molecule has 0 spiro atoms. The Kier molecular flexibility index (Phi) is 4.75. The van der Waals surface area contributed by atoms with Crippen LogP contribution in [0.2, 0.25) is 0 Å². The van der Waals surface area contributed by atoms with Gasteiger partial charge in [0.2, 0.25) is 11.8 Å². The first kappa shape index (κ1) is 13.1. The average molecular weight is 250 g/mol. The molecule has 18 heavy (non-hydrogen) atoms. The van der Waals surface area contributed by atoms with Crippen molar-refractivity contribution >= 4 is 5.95 Å². The Labute approximate surface area is 109 Å². The molecule has 2 rings (SSSR count). The first-order chi connectivity index (χ1) is 8.85. The molecule has 1 aliphatic heterocycles. The van der Waals surface area contributed by atoms with E-state index < -0.39 is 0 Å². The molecule has 1 aromatic rings. The molecule has 0 aliphatic carbocycles. The lowest BCUT2D eigenvalue weighted by Crippen LogP contribution is -2.45. The molecular formula is C13H22N4O. The number of aromatic nitrogens is 2. The lowest BCUT2D eigenvalue weighted by molar-refractivity contribution is 0.325. The second-order valence-corrected chi connectivity index (χ2v) is 4.53. The summed E-state index contributed by atoms with van der Waals surface area (Å²) in [6.07, 6.45) is 5.47. The molecule has 2 heterocycles. The first-order valence-electron chi connectivity index (χ1n) is 6.72. The van der Waals surface area contributed by atoms with E-state index in [-0.39, 0.29) is 0 Å². The van der Waals surface area contributed by atoms with Crippen LogP contribution in [0, 0.1) is 0 Å². The van der Waals surface area contributed by atoms with Gasteiger partial charge in [-0.15, -0.1) is 0 Å². The van der Waals surface area contributed by atoms with Crippen molar-refractivity contribution in [2.45, 2.75) is 32.2 Å². The largest absolute Gasteiger partial charge is 0.478 e. The predicted octanol–water partition coefficient (Wildman–Crippen LogP) is 1.45. The van der Waals surface area contributed by atoms with E-state index in [0.717, 1.165) is 19.0 Å². The number of anilines is 1. The Bertz CT molecular complexity index is 370. The van der Waals surface area contributed by atoms with Crippen molar-refractivity contribution in [3.63, 3.8) is 0 Å². The van der Waals surface area contributed by atoms with E-state index in [9.17, 15) is 0 Å². The van der Waals surface area contributed by atoms with Gasteiger partial charge in [0.1, 0.15) is 0 Å². The zero-order valence-corrected chi connectivity index (χ0v) is 11.2. The molecule has 0 bridgehead atoms. The average Bonchev–Trinajstić information content (AvgIpc) is 2.40. The van der Waals surface area contributed by atoms with Crippen molar-refractivity contribution in [2.75, 3.05) is 31.6 Å². The summed E-state index contributed by atoms with van der Waals surface area (Å²) >= 11 is 0. The highest BCUT2D eigenvalue weighted by molar-refractivity contribution is 5.34. The minimum Gasteiger partial charge on any atom is -0.478 e. The molecule has 1 fully saturated rings. The fraction of sp³-hybridized carbons (Fsp3) is 0.692. The van der Waals surface area contributed by atoms with Crippen LogP contribution in [0.25, 0.3) is 0 Å². The SMILES string of the molecule is CCOc1ccnc(N2CCCCC2CNC)n1. The Hall–Kier alpha value is -1.36. The smallest absolute Gasteiger partial charge is 0.228 e. The van der Waals surface area contributed by atoms with Crippen molar-refractivity contribution in [1.82, 2.24) is 15.3 Å². The Morgan fingerprint density at radius 3 is 3.17 bits per heavy atom. The Morgan fingerprint density at radius 2 is 2.39 bits per heavy atom. The monoisotopic (exact) mass is 250 g/mol. The molecule has 1 aromatic heterocycles. The molecular weight excluding hydrogens is 228 g/mol. The van der Waals surface area contributed by atoms with Crippen LogP contribution < -0.4 is 15.0 Å². The third-order valence-electron chi connectivity index (χ3n) is 3.23. The van der Waals surface area contributed by atoms with Gasteiger partial charge in [-0.3, -0.25) is 0 Å². The minimum absolute atomic E-state index is 0.487. The van der Waals surface area contributed by atoms with Gasteiger partial charge < -0.3 is 15.0 Å². The quantitative estimate of drug-likeness (QED) is 0.857.